The van der Waals surface area contributed by atoms with E-state index in [1.54, 1.807) is 12.1 Å². The minimum Gasteiger partial charge on any atom is -0.382 e. The molecule has 1 amide bonds. The van der Waals surface area contributed by atoms with E-state index < -0.39 is 5.91 Å². The Morgan fingerprint density at radius 3 is 2.83 bits per heavy atom. The molecule has 0 saturated heterocycles. The number of benzene rings is 1. The summed E-state index contributed by atoms with van der Waals surface area (Å²) in [6, 6.07) is 5.27. The van der Waals surface area contributed by atoms with Gasteiger partial charge in [-0.05, 0) is 17.7 Å². The lowest BCUT2D eigenvalue weighted by Crippen LogP contribution is -2.18. The average Bonchev–Trinajstić information content (AvgIpc) is 2.97. The average molecular weight is 380 g/mol. The van der Waals surface area contributed by atoms with Gasteiger partial charge in [-0.2, -0.15) is 4.99 Å². The molecule has 2 heterocycles. The molecule has 0 fully saturated rings. The van der Waals surface area contributed by atoms with Gasteiger partial charge in [-0.15, -0.1) is 11.3 Å². The number of aromatic nitrogens is 3. The quantitative estimate of drug-likeness (QED) is 0.757. The van der Waals surface area contributed by atoms with Crippen LogP contribution in [0.25, 0.3) is 0 Å². The first-order valence-electron chi connectivity index (χ1n) is 6.78. The number of amides is 1. The molecule has 0 radical (unpaired) electrons. The van der Waals surface area contributed by atoms with E-state index in [9.17, 15) is 4.79 Å². The first-order valence-corrected chi connectivity index (χ1v) is 8.41. The topological polar surface area (TPSA) is 86.2 Å². The highest BCUT2D eigenvalue weighted by Crippen LogP contribution is 2.21. The van der Waals surface area contributed by atoms with Crippen LogP contribution in [0.5, 0.6) is 0 Å². The minimum absolute atomic E-state index is 0.0296. The molecule has 1 aromatic carbocycles. The molecule has 6 nitrogen and oxygen atoms in total. The van der Waals surface area contributed by atoms with Crippen LogP contribution in [0.1, 0.15) is 16.1 Å². The highest BCUT2D eigenvalue weighted by molar-refractivity contribution is 7.07. The van der Waals surface area contributed by atoms with Crippen molar-refractivity contribution in [1.82, 2.24) is 14.5 Å². The lowest BCUT2D eigenvalue weighted by molar-refractivity contribution is 0.0993. The fourth-order valence-electron chi connectivity index (χ4n) is 1.99. The number of anilines is 1. The van der Waals surface area contributed by atoms with E-state index in [1.165, 1.54) is 23.7 Å². The molecule has 0 bridgehead atoms. The molecular weight excluding hydrogens is 369 g/mol. The number of hydrogen-bond acceptors (Lipinski definition) is 5. The van der Waals surface area contributed by atoms with Crippen LogP contribution in [0.3, 0.4) is 0 Å². The molecule has 3 rings (SSSR count). The van der Waals surface area contributed by atoms with Gasteiger partial charge in [0.15, 0.2) is 16.3 Å². The van der Waals surface area contributed by atoms with E-state index in [-0.39, 0.29) is 11.5 Å². The summed E-state index contributed by atoms with van der Waals surface area (Å²) in [5, 5.41) is 2.95. The number of thiazole rings is 1. The van der Waals surface area contributed by atoms with E-state index in [0.29, 0.717) is 21.4 Å². The normalized spacial score (nSPS) is 11.7. The summed E-state index contributed by atoms with van der Waals surface area (Å²) in [4.78, 5) is 24.6. The number of nitrogens with two attached hydrogens (primary N) is 1. The Morgan fingerprint density at radius 1 is 1.29 bits per heavy atom. The van der Waals surface area contributed by atoms with E-state index in [1.807, 2.05) is 22.2 Å². The third-order valence-corrected chi connectivity index (χ3v) is 4.52. The smallest absolute Gasteiger partial charge is 0.302 e. The fourth-order valence-corrected chi connectivity index (χ4v) is 3.19. The zero-order valence-corrected chi connectivity index (χ0v) is 14.5. The van der Waals surface area contributed by atoms with Crippen LogP contribution < -0.4 is 10.5 Å². The zero-order valence-electron chi connectivity index (χ0n) is 12.2. The van der Waals surface area contributed by atoms with Crippen LogP contribution in [-0.2, 0) is 6.54 Å². The Labute approximate surface area is 151 Å². The second-order valence-corrected chi connectivity index (χ2v) is 6.47. The van der Waals surface area contributed by atoms with Crippen molar-refractivity contribution in [3.05, 3.63) is 68.3 Å². The number of nitrogen functional groups attached to an aromatic ring is 1. The fraction of sp³-hybridized carbons (Fsp3) is 0.0667. The van der Waals surface area contributed by atoms with Crippen molar-refractivity contribution >= 4 is 46.3 Å². The lowest BCUT2D eigenvalue weighted by Gasteiger charge is -2.06. The van der Waals surface area contributed by atoms with Crippen molar-refractivity contribution in [2.75, 3.05) is 5.73 Å². The van der Waals surface area contributed by atoms with Crippen molar-refractivity contribution in [3.8, 4) is 0 Å². The molecule has 122 valence electrons. The summed E-state index contributed by atoms with van der Waals surface area (Å²) >= 11 is 13.4. The van der Waals surface area contributed by atoms with Crippen LogP contribution in [0, 0.1) is 0 Å². The molecule has 0 atom stereocenters. The number of halogens is 2. The number of rotatable bonds is 3. The van der Waals surface area contributed by atoms with E-state index in [4.69, 9.17) is 28.9 Å². The van der Waals surface area contributed by atoms with Gasteiger partial charge in [0.2, 0.25) is 0 Å². The van der Waals surface area contributed by atoms with Crippen molar-refractivity contribution in [1.29, 1.82) is 0 Å². The Kier molecular flexibility index (Phi) is 4.94. The first kappa shape index (κ1) is 16.6. The molecule has 0 unspecified atom stereocenters. The first-order chi connectivity index (χ1) is 11.5. The molecule has 0 saturated carbocycles. The van der Waals surface area contributed by atoms with Crippen LogP contribution in [0.15, 0.2) is 47.2 Å². The minimum atomic E-state index is -0.543. The number of carbonyl (C=O) groups is 1. The third kappa shape index (κ3) is 3.64. The molecule has 0 aliphatic heterocycles. The SMILES string of the molecule is Nc1nccnc1C(=O)N=c1sccn1Cc1ccc(Cl)cc1Cl. The summed E-state index contributed by atoms with van der Waals surface area (Å²) in [7, 11) is 0. The summed E-state index contributed by atoms with van der Waals surface area (Å²) in [6.07, 6.45) is 4.64. The number of carbonyl (C=O) groups excluding carboxylic acids is 1. The number of nitrogens with zero attached hydrogens (tertiary/aromatic N) is 4. The summed E-state index contributed by atoms with van der Waals surface area (Å²) in [5.41, 5.74) is 6.56. The van der Waals surface area contributed by atoms with Crippen molar-refractivity contribution < 1.29 is 4.79 Å². The second-order valence-electron chi connectivity index (χ2n) is 4.76. The maximum atomic E-state index is 12.2. The predicted molar refractivity (Wildman–Crippen MR) is 94.2 cm³/mol. The van der Waals surface area contributed by atoms with Gasteiger partial charge in [0.1, 0.15) is 0 Å². The summed E-state index contributed by atoms with van der Waals surface area (Å²) < 4.78 is 1.81. The van der Waals surface area contributed by atoms with Gasteiger partial charge in [-0.1, -0.05) is 29.3 Å². The maximum Gasteiger partial charge on any atom is 0.302 e. The highest BCUT2D eigenvalue weighted by Gasteiger charge is 2.11. The highest BCUT2D eigenvalue weighted by atomic mass is 35.5. The molecule has 2 aromatic heterocycles. The molecule has 0 aliphatic rings. The maximum absolute atomic E-state index is 12.2. The largest absolute Gasteiger partial charge is 0.382 e. The van der Waals surface area contributed by atoms with Gasteiger partial charge >= 0.3 is 5.91 Å². The molecule has 2 N–H and O–H groups in total. The monoisotopic (exact) mass is 379 g/mol. The van der Waals surface area contributed by atoms with Gasteiger partial charge in [0.25, 0.3) is 0 Å². The molecule has 9 heteroatoms. The molecule has 0 spiro atoms. The molecule has 24 heavy (non-hydrogen) atoms. The van der Waals surface area contributed by atoms with Gasteiger partial charge in [0, 0.05) is 34.0 Å². The van der Waals surface area contributed by atoms with E-state index in [2.05, 4.69) is 15.0 Å². The van der Waals surface area contributed by atoms with Crippen molar-refractivity contribution in [3.63, 3.8) is 0 Å². The van der Waals surface area contributed by atoms with Crippen molar-refractivity contribution in [2.24, 2.45) is 4.99 Å². The van der Waals surface area contributed by atoms with E-state index >= 15 is 0 Å². The standard InChI is InChI=1S/C15H11Cl2N5OS/c16-10-2-1-9(11(17)7-10)8-22-5-6-24-15(22)21-14(23)12-13(18)20-4-3-19-12/h1-7H,8H2,(H2,18,20). The predicted octanol–water partition coefficient (Wildman–Crippen LogP) is 3.02. The summed E-state index contributed by atoms with van der Waals surface area (Å²) in [6.45, 7) is 0.460. The van der Waals surface area contributed by atoms with Crippen LogP contribution in [0.4, 0.5) is 5.82 Å². The van der Waals surface area contributed by atoms with Crippen LogP contribution in [-0.4, -0.2) is 20.4 Å². The third-order valence-electron chi connectivity index (χ3n) is 3.14. The number of hydrogen-bond donors (Lipinski definition) is 1. The van der Waals surface area contributed by atoms with Gasteiger partial charge in [0.05, 0.1) is 6.54 Å². The lowest BCUT2D eigenvalue weighted by atomic mass is 10.2. The van der Waals surface area contributed by atoms with Gasteiger partial charge < -0.3 is 10.3 Å². The van der Waals surface area contributed by atoms with E-state index in [0.717, 1.165) is 5.56 Å². The molecule has 3 aromatic rings. The van der Waals surface area contributed by atoms with Crippen LogP contribution >= 0.6 is 34.5 Å². The van der Waals surface area contributed by atoms with Crippen molar-refractivity contribution in [2.45, 2.75) is 6.54 Å². The van der Waals surface area contributed by atoms with Gasteiger partial charge in [-0.25, -0.2) is 9.97 Å². The Bertz CT molecular complexity index is 966. The Balaban J connectivity index is 1.93. The van der Waals surface area contributed by atoms with Gasteiger partial charge in [-0.3, -0.25) is 4.79 Å². The second kappa shape index (κ2) is 7.12. The summed E-state index contributed by atoms with van der Waals surface area (Å²) in [5.74, 6) is -0.492. The Morgan fingerprint density at radius 2 is 2.08 bits per heavy atom. The zero-order chi connectivity index (χ0) is 17.1. The molecular formula is C15H11Cl2N5OS. The van der Waals surface area contributed by atoms with Crippen LogP contribution in [0.2, 0.25) is 10.0 Å². The molecule has 0 aliphatic carbocycles. The Hall–Kier alpha value is -2.22.